The largest absolute Gasteiger partial charge is 0.353 e. The molecule has 1 aromatic rings. The number of aryl methyl sites for hydroxylation is 2. The fraction of sp³-hybridized carbons (Fsp3) is 0.619. The van der Waals surface area contributed by atoms with Crippen LogP contribution in [0.4, 0.5) is 5.69 Å². The van der Waals surface area contributed by atoms with Crippen molar-refractivity contribution in [1.82, 2.24) is 5.32 Å². The Labute approximate surface area is 152 Å². The Bertz CT molecular complexity index is 590. The molecule has 1 N–H and O–H groups in total. The molecule has 1 saturated carbocycles. The van der Waals surface area contributed by atoms with Gasteiger partial charge in [-0.15, -0.1) is 0 Å². The van der Waals surface area contributed by atoms with E-state index in [1.807, 2.05) is 19.1 Å². The molecule has 0 atom stereocenters. The first kappa shape index (κ1) is 19.5. The Balaban J connectivity index is 2.00. The van der Waals surface area contributed by atoms with Crippen molar-refractivity contribution in [3.63, 3.8) is 0 Å². The Morgan fingerprint density at radius 2 is 1.84 bits per heavy atom. The number of rotatable bonds is 6. The van der Waals surface area contributed by atoms with Gasteiger partial charge in [-0.25, -0.2) is 0 Å². The number of carbonyl (C=O) groups is 2. The molecule has 25 heavy (non-hydrogen) atoms. The van der Waals surface area contributed by atoms with Gasteiger partial charge in [-0.2, -0.15) is 0 Å². The maximum Gasteiger partial charge on any atom is 0.223 e. The van der Waals surface area contributed by atoms with Gasteiger partial charge in [0, 0.05) is 31.6 Å². The van der Waals surface area contributed by atoms with Gasteiger partial charge in [-0.1, -0.05) is 50.8 Å². The van der Waals surface area contributed by atoms with Crippen LogP contribution in [0.25, 0.3) is 0 Å². The zero-order chi connectivity index (χ0) is 18.2. The summed E-state index contributed by atoms with van der Waals surface area (Å²) in [6.45, 7) is 6.13. The number of carbonyl (C=O) groups excluding carboxylic acids is 2. The number of hydrogen-bond donors (Lipinski definition) is 1. The number of nitrogens with one attached hydrogen (secondary N) is 1. The van der Waals surface area contributed by atoms with Crippen LogP contribution in [-0.4, -0.2) is 24.4 Å². The molecule has 4 nitrogen and oxygen atoms in total. The van der Waals surface area contributed by atoms with Gasteiger partial charge in [0.05, 0.1) is 0 Å². The van der Waals surface area contributed by atoms with Crippen molar-refractivity contribution < 1.29 is 9.59 Å². The van der Waals surface area contributed by atoms with Gasteiger partial charge >= 0.3 is 0 Å². The first-order valence-electron chi connectivity index (χ1n) is 9.69. The summed E-state index contributed by atoms with van der Waals surface area (Å²) in [4.78, 5) is 26.3. The van der Waals surface area contributed by atoms with Crippen LogP contribution in [0.2, 0.25) is 0 Å². The third-order valence-electron chi connectivity index (χ3n) is 5.14. The monoisotopic (exact) mass is 344 g/mol. The quantitative estimate of drug-likeness (QED) is 0.789. The van der Waals surface area contributed by atoms with E-state index in [0.717, 1.165) is 36.1 Å². The van der Waals surface area contributed by atoms with Gasteiger partial charge in [-0.05, 0) is 37.3 Å². The van der Waals surface area contributed by atoms with Crippen LogP contribution >= 0.6 is 0 Å². The van der Waals surface area contributed by atoms with Gasteiger partial charge in [0.2, 0.25) is 11.8 Å². The highest BCUT2D eigenvalue weighted by Crippen LogP contribution is 2.26. The lowest BCUT2D eigenvalue weighted by Crippen LogP contribution is -2.38. The van der Waals surface area contributed by atoms with Crippen molar-refractivity contribution in [3.8, 4) is 0 Å². The maximum absolute atomic E-state index is 12.4. The van der Waals surface area contributed by atoms with E-state index >= 15 is 0 Å². The number of anilines is 1. The minimum atomic E-state index is -0.00809. The van der Waals surface area contributed by atoms with Gasteiger partial charge in [0.1, 0.15) is 0 Å². The normalized spacial score (nSPS) is 15.5. The Morgan fingerprint density at radius 3 is 2.44 bits per heavy atom. The van der Waals surface area contributed by atoms with Crippen LogP contribution < -0.4 is 10.2 Å². The van der Waals surface area contributed by atoms with E-state index in [2.05, 4.69) is 18.3 Å². The summed E-state index contributed by atoms with van der Waals surface area (Å²) in [6.07, 6.45) is 8.35. The summed E-state index contributed by atoms with van der Waals surface area (Å²) in [5, 5.41) is 3.17. The lowest BCUT2D eigenvalue weighted by molar-refractivity contribution is -0.121. The lowest BCUT2D eigenvalue weighted by Gasteiger charge is -2.26. The van der Waals surface area contributed by atoms with Crippen LogP contribution in [0.15, 0.2) is 18.2 Å². The number of hydrogen-bond acceptors (Lipinski definition) is 2. The molecule has 2 rings (SSSR count). The Morgan fingerprint density at radius 1 is 1.16 bits per heavy atom. The van der Waals surface area contributed by atoms with Gasteiger partial charge in [0.25, 0.3) is 0 Å². The summed E-state index contributed by atoms with van der Waals surface area (Å²) in [5.41, 5.74) is 3.21. The first-order valence-corrected chi connectivity index (χ1v) is 9.69. The molecular weight excluding hydrogens is 312 g/mol. The first-order chi connectivity index (χ1) is 12.0. The smallest absolute Gasteiger partial charge is 0.223 e. The van der Waals surface area contributed by atoms with Crippen molar-refractivity contribution in [2.24, 2.45) is 0 Å². The van der Waals surface area contributed by atoms with E-state index in [9.17, 15) is 9.59 Å². The third kappa shape index (κ3) is 5.58. The Kier molecular flexibility index (Phi) is 7.48. The van der Waals surface area contributed by atoms with Crippen molar-refractivity contribution in [1.29, 1.82) is 0 Å². The predicted octanol–water partition coefficient (Wildman–Crippen LogP) is 4.14. The molecule has 0 radical (unpaired) electrons. The number of nitrogens with zero attached hydrogens (tertiary/aromatic N) is 1. The average molecular weight is 344 g/mol. The Hall–Kier alpha value is -1.84. The molecule has 0 saturated heterocycles. The molecule has 0 aromatic heterocycles. The molecular formula is C21H32N2O2. The van der Waals surface area contributed by atoms with E-state index < -0.39 is 0 Å². The minimum absolute atomic E-state index is 0.00809. The van der Waals surface area contributed by atoms with Crippen LogP contribution in [0.1, 0.15) is 69.9 Å². The van der Waals surface area contributed by atoms with E-state index in [1.165, 1.54) is 25.7 Å². The molecule has 4 heteroatoms. The summed E-state index contributed by atoms with van der Waals surface area (Å²) < 4.78 is 0. The highest BCUT2D eigenvalue weighted by molar-refractivity contribution is 5.94. The van der Waals surface area contributed by atoms with E-state index in [4.69, 9.17) is 0 Å². The average Bonchev–Trinajstić information content (AvgIpc) is 2.84. The molecule has 138 valence electrons. The molecule has 1 aromatic carbocycles. The standard InChI is InChI=1S/C21H32N2O2/c1-4-18-11-9-10-16(2)21(18)23(17(3)24)15-14-20(25)22-19-12-7-5-6-8-13-19/h9-11,19H,4-8,12-15H2,1-3H3,(H,22,25). The van der Waals surface area contributed by atoms with Crippen molar-refractivity contribution in [2.75, 3.05) is 11.4 Å². The van der Waals surface area contributed by atoms with Crippen LogP contribution in [0, 0.1) is 6.92 Å². The van der Waals surface area contributed by atoms with E-state index in [1.54, 1.807) is 11.8 Å². The molecule has 0 heterocycles. The van der Waals surface area contributed by atoms with Crippen molar-refractivity contribution in [2.45, 2.75) is 78.2 Å². The van der Waals surface area contributed by atoms with Crippen LogP contribution in [0.5, 0.6) is 0 Å². The second-order valence-corrected chi connectivity index (χ2v) is 7.11. The second-order valence-electron chi connectivity index (χ2n) is 7.11. The van der Waals surface area contributed by atoms with Gasteiger partial charge < -0.3 is 10.2 Å². The highest BCUT2D eigenvalue weighted by Gasteiger charge is 2.19. The summed E-state index contributed by atoms with van der Waals surface area (Å²) >= 11 is 0. The fourth-order valence-electron chi connectivity index (χ4n) is 3.75. The molecule has 0 aliphatic heterocycles. The van der Waals surface area contributed by atoms with Crippen LogP contribution in [-0.2, 0) is 16.0 Å². The molecule has 1 fully saturated rings. The summed E-state index contributed by atoms with van der Waals surface area (Å²) in [7, 11) is 0. The lowest BCUT2D eigenvalue weighted by atomic mass is 10.0. The minimum Gasteiger partial charge on any atom is -0.353 e. The molecule has 1 aliphatic rings. The summed E-state index contributed by atoms with van der Waals surface area (Å²) in [6, 6.07) is 6.42. The summed E-state index contributed by atoms with van der Waals surface area (Å²) in [5.74, 6) is 0.0519. The second kappa shape index (κ2) is 9.59. The van der Waals surface area contributed by atoms with Gasteiger partial charge in [-0.3, -0.25) is 9.59 Å². The van der Waals surface area contributed by atoms with Crippen molar-refractivity contribution in [3.05, 3.63) is 29.3 Å². The van der Waals surface area contributed by atoms with E-state index in [-0.39, 0.29) is 11.8 Å². The molecule has 0 spiro atoms. The SMILES string of the molecule is CCc1cccc(C)c1N(CCC(=O)NC1CCCCCC1)C(C)=O. The molecule has 0 unspecified atom stereocenters. The zero-order valence-corrected chi connectivity index (χ0v) is 15.9. The molecule has 1 aliphatic carbocycles. The maximum atomic E-state index is 12.4. The topological polar surface area (TPSA) is 49.4 Å². The predicted molar refractivity (Wildman–Crippen MR) is 103 cm³/mol. The van der Waals surface area contributed by atoms with Gasteiger partial charge in [0.15, 0.2) is 0 Å². The van der Waals surface area contributed by atoms with E-state index in [0.29, 0.717) is 19.0 Å². The number of benzene rings is 1. The highest BCUT2D eigenvalue weighted by atomic mass is 16.2. The fourth-order valence-corrected chi connectivity index (χ4v) is 3.75. The number of amides is 2. The van der Waals surface area contributed by atoms with Crippen LogP contribution in [0.3, 0.4) is 0 Å². The number of para-hydroxylation sites is 1. The third-order valence-corrected chi connectivity index (χ3v) is 5.14. The molecule has 2 amide bonds. The zero-order valence-electron chi connectivity index (χ0n) is 15.9. The van der Waals surface area contributed by atoms with Crippen molar-refractivity contribution >= 4 is 17.5 Å². The molecule has 0 bridgehead atoms.